The highest BCUT2D eigenvalue weighted by Crippen LogP contribution is 2.47. The maximum absolute atomic E-state index is 12.3. The number of amides is 2. The van der Waals surface area contributed by atoms with E-state index in [1.54, 1.807) is 6.20 Å². The number of nitrogens with one attached hydrogen (secondary N) is 3. The zero-order chi connectivity index (χ0) is 39.2. The van der Waals surface area contributed by atoms with Crippen molar-refractivity contribution in [3.05, 3.63) is 40.5 Å². The third kappa shape index (κ3) is 13.5. The van der Waals surface area contributed by atoms with Gasteiger partial charge in [-0.05, 0) is 94.6 Å². The summed E-state index contributed by atoms with van der Waals surface area (Å²) in [5.41, 5.74) is 5.68. The molecule has 2 heterocycles. The molecule has 1 aromatic heterocycles. The maximum atomic E-state index is 12.3. The van der Waals surface area contributed by atoms with Crippen molar-refractivity contribution < 1.29 is 28.3 Å². The van der Waals surface area contributed by atoms with Crippen LogP contribution < -0.4 is 19.8 Å². The number of esters is 1. The third-order valence-corrected chi connectivity index (χ3v) is 15.9. The van der Waals surface area contributed by atoms with Crippen molar-refractivity contribution in [1.82, 2.24) is 20.6 Å². The monoisotopic (exact) mass is 755 g/mol. The number of aromatic amines is 1. The number of ether oxygens (including phenoxy) is 2. The van der Waals surface area contributed by atoms with Crippen LogP contribution in [0.3, 0.4) is 0 Å². The lowest BCUT2D eigenvalue weighted by Gasteiger charge is -2.41. The van der Waals surface area contributed by atoms with Gasteiger partial charge in [0.25, 0.3) is 8.32 Å². The number of H-pyrrole nitrogens is 1. The largest absolute Gasteiger partial charge is 0.543 e. The predicted octanol–water partition coefficient (Wildman–Crippen LogP) is 8.89. The van der Waals surface area contributed by atoms with Crippen LogP contribution in [0, 0.1) is 20.8 Å². The van der Waals surface area contributed by atoms with Gasteiger partial charge in [-0.1, -0.05) is 72.1 Å². The fourth-order valence-electron chi connectivity index (χ4n) is 6.84. The van der Waals surface area contributed by atoms with Gasteiger partial charge in [-0.2, -0.15) is 0 Å². The van der Waals surface area contributed by atoms with Crippen molar-refractivity contribution >= 4 is 26.1 Å². The van der Waals surface area contributed by atoms with Crippen LogP contribution in [0.1, 0.15) is 146 Å². The molecule has 0 aliphatic carbocycles. The Balaban J connectivity index is 1.23. The van der Waals surface area contributed by atoms with Crippen LogP contribution in [0.2, 0.25) is 18.1 Å². The van der Waals surface area contributed by atoms with Crippen molar-refractivity contribution in [2.24, 2.45) is 0 Å². The summed E-state index contributed by atoms with van der Waals surface area (Å²) < 4.78 is 18.5. The number of benzene rings is 1. The Kier molecular flexibility index (Phi) is 16.9. The van der Waals surface area contributed by atoms with Crippen LogP contribution >= 0.6 is 0 Å². The average Bonchev–Trinajstić information content (AvgIpc) is 3.61. The molecule has 0 saturated carbocycles. The minimum atomic E-state index is -1.94. The number of hydrogen-bond donors (Lipinski definition) is 3. The maximum Gasteiger partial charge on any atom is 0.328 e. The van der Waals surface area contributed by atoms with E-state index in [1.165, 1.54) is 80.6 Å². The molecule has 0 spiro atoms. The number of hydrogen-bond acceptors (Lipinski definition) is 7. The van der Waals surface area contributed by atoms with Gasteiger partial charge in [0.2, 0.25) is 11.8 Å². The summed E-state index contributed by atoms with van der Waals surface area (Å²) in [6.45, 7) is 20.7. The van der Waals surface area contributed by atoms with E-state index in [9.17, 15) is 14.4 Å². The van der Waals surface area contributed by atoms with Gasteiger partial charge in [0.15, 0.2) is 0 Å². The molecule has 0 unspecified atom stereocenters. The number of fused-ring (bicyclic) bond motifs is 1. The number of nitrogens with zero attached hydrogens (tertiary/aromatic N) is 1. The van der Waals surface area contributed by atoms with E-state index in [0.29, 0.717) is 6.42 Å². The average molecular weight is 755 g/mol. The smallest absolute Gasteiger partial charge is 0.328 e. The van der Waals surface area contributed by atoms with E-state index in [2.05, 4.69) is 82.2 Å². The number of imidazole rings is 1. The number of rotatable bonds is 22. The molecule has 298 valence electrons. The molecule has 0 saturated heterocycles. The molecule has 2 amide bonds. The van der Waals surface area contributed by atoms with Crippen molar-refractivity contribution in [2.75, 3.05) is 13.7 Å². The van der Waals surface area contributed by atoms with E-state index < -0.39 is 20.3 Å². The SMILES string of the molecule is COC(=O)[C@@H](Cc1cnc[nH]1)NC(=O)CCNC(=O)CCCCCCCCCCCC[C@]1(C)CCc2c(C)c(O[Si](C)(C)C(C)(C)C)c(C)c(C)c2O1. The van der Waals surface area contributed by atoms with Crippen LogP contribution in [-0.4, -0.2) is 61.4 Å². The molecule has 3 rings (SSSR count). The Hall–Kier alpha value is -3.34. The normalized spacial score (nSPS) is 16.3. The van der Waals surface area contributed by atoms with E-state index in [1.807, 2.05) is 0 Å². The molecule has 1 aliphatic rings. The molecule has 0 bridgehead atoms. The lowest BCUT2D eigenvalue weighted by molar-refractivity contribution is -0.145. The van der Waals surface area contributed by atoms with Crippen molar-refractivity contribution in [2.45, 2.75) is 181 Å². The van der Waals surface area contributed by atoms with E-state index >= 15 is 0 Å². The number of unbranched alkanes of at least 4 members (excludes halogenated alkanes) is 9. The molecule has 2 atom stereocenters. The van der Waals surface area contributed by atoms with Crippen LogP contribution in [0.25, 0.3) is 0 Å². The van der Waals surface area contributed by atoms with Crippen molar-refractivity contribution in [1.29, 1.82) is 0 Å². The summed E-state index contributed by atoms with van der Waals surface area (Å²) in [5.74, 6) is 1.31. The number of carbonyl (C=O) groups excluding carboxylic acids is 3. The van der Waals surface area contributed by atoms with Crippen LogP contribution in [0.4, 0.5) is 0 Å². The summed E-state index contributed by atoms with van der Waals surface area (Å²) in [5, 5.41) is 5.65. The summed E-state index contributed by atoms with van der Waals surface area (Å²) in [7, 11) is -0.659. The topological polar surface area (TPSA) is 132 Å². The molecule has 1 aliphatic heterocycles. The van der Waals surface area contributed by atoms with Crippen LogP contribution in [0.15, 0.2) is 12.5 Å². The lowest BCUT2D eigenvalue weighted by Crippen LogP contribution is -2.44. The Morgan fingerprint density at radius 2 is 1.55 bits per heavy atom. The second-order valence-corrected chi connectivity index (χ2v) is 21.7. The molecule has 10 nitrogen and oxygen atoms in total. The predicted molar refractivity (Wildman–Crippen MR) is 215 cm³/mol. The Bertz CT molecular complexity index is 1490. The fourth-order valence-corrected chi connectivity index (χ4v) is 7.96. The molecule has 2 aromatic rings. The summed E-state index contributed by atoms with van der Waals surface area (Å²) in [4.78, 5) is 43.5. The van der Waals surface area contributed by atoms with Gasteiger partial charge in [0.1, 0.15) is 23.1 Å². The van der Waals surface area contributed by atoms with Crippen molar-refractivity contribution in [3.63, 3.8) is 0 Å². The molecule has 1 aromatic carbocycles. The first-order valence-corrected chi connectivity index (χ1v) is 23.0. The molecule has 53 heavy (non-hydrogen) atoms. The first-order valence-electron chi connectivity index (χ1n) is 20.1. The molecule has 0 radical (unpaired) electrons. The van der Waals surface area contributed by atoms with Gasteiger partial charge in [-0.15, -0.1) is 0 Å². The third-order valence-electron chi connectivity index (χ3n) is 11.6. The molecular formula is C42H70N4O6Si. The van der Waals surface area contributed by atoms with Crippen molar-refractivity contribution in [3.8, 4) is 11.5 Å². The highest BCUT2D eigenvalue weighted by atomic mass is 28.4. The lowest BCUT2D eigenvalue weighted by atomic mass is 9.84. The Morgan fingerprint density at radius 1 is 0.925 bits per heavy atom. The molecular weight excluding hydrogens is 685 g/mol. The Morgan fingerprint density at radius 3 is 2.13 bits per heavy atom. The fraction of sp³-hybridized carbons (Fsp3) is 0.714. The first-order chi connectivity index (χ1) is 25.0. The van der Waals surface area contributed by atoms with Gasteiger partial charge in [-0.3, -0.25) is 9.59 Å². The van der Waals surface area contributed by atoms with E-state index in [0.717, 1.165) is 55.7 Å². The zero-order valence-corrected chi connectivity index (χ0v) is 35.6. The summed E-state index contributed by atoms with van der Waals surface area (Å²) in [6, 6.07) is -0.810. The van der Waals surface area contributed by atoms with E-state index in [-0.39, 0.29) is 41.8 Å². The number of carbonyl (C=O) groups is 3. The van der Waals surface area contributed by atoms with E-state index in [4.69, 9.17) is 13.9 Å². The number of aromatic nitrogens is 2. The van der Waals surface area contributed by atoms with Gasteiger partial charge >= 0.3 is 5.97 Å². The van der Waals surface area contributed by atoms with Gasteiger partial charge in [0.05, 0.1) is 13.4 Å². The Labute approximate surface area is 320 Å². The highest BCUT2D eigenvalue weighted by molar-refractivity contribution is 6.74. The minimum Gasteiger partial charge on any atom is -0.543 e. The molecule has 3 N–H and O–H groups in total. The van der Waals surface area contributed by atoms with Gasteiger partial charge in [-0.25, -0.2) is 9.78 Å². The van der Waals surface area contributed by atoms with Crippen LogP contribution in [-0.2, 0) is 32.0 Å². The zero-order valence-electron chi connectivity index (χ0n) is 34.6. The van der Waals surface area contributed by atoms with Crippen LogP contribution in [0.5, 0.6) is 11.5 Å². The standard InChI is InChI=1S/C42H70N4O6Si/c1-30-31(2)39-34(32(3)38(30)52-53(9,10)41(4,5)6)22-25-42(7,51-39)24-20-18-16-14-12-11-13-15-17-19-21-36(47)44-26-23-37(48)46-35(40(49)50-8)27-33-28-43-29-45-33/h28-29,35H,11-27H2,1-10H3,(H,43,45)(H,44,47)(H,46,48)/t35-,42-/m1/s1. The highest BCUT2D eigenvalue weighted by Gasteiger charge is 2.41. The molecule has 0 fully saturated rings. The summed E-state index contributed by atoms with van der Waals surface area (Å²) >= 11 is 0. The van der Waals surface area contributed by atoms with Gasteiger partial charge < -0.3 is 29.5 Å². The first kappa shape index (κ1) is 44.1. The minimum absolute atomic E-state index is 0.0438. The summed E-state index contributed by atoms with van der Waals surface area (Å²) in [6.07, 6.45) is 18.8. The molecule has 11 heteroatoms. The van der Waals surface area contributed by atoms with Gasteiger partial charge in [0, 0.05) is 43.3 Å². The number of methoxy groups -OCH3 is 1. The quantitative estimate of drug-likeness (QED) is 0.0622. The second-order valence-electron chi connectivity index (χ2n) is 17.0. The second kappa shape index (κ2) is 20.4.